The molecule has 2 heterocycles. The van der Waals surface area contributed by atoms with Crippen LogP contribution in [0.1, 0.15) is 6.42 Å². The molecule has 9 heteroatoms. The molecule has 0 spiro atoms. The molecular formula is C18H29Cl2N3O4. The number of aliphatic hydroxyl groups excluding tert-OH is 2. The van der Waals surface area contributed by atoms with Crippen molar-refractivity contribution in [3.63, 3.8) is 0 Å². The van der Waals surface area contributed by atoms with E-state index in [2.05, 4.69) is 10.2 Å². The smallest absolute Gasteiger partial charge is 0.239 e. The van der Waals surface area contributed by atoms with Crippen molar-refractivity contribution in [3.05, 3.63) is 30.3 Å². The average molecular weight is 422 g/mol. The van der Waals surface area contributed by atoms with Gasteiger partial charge in [-0.3, -0.25) is 9.69 Å². The first-order valence-corrected chi connectivity index (χ1v) is 8.90. The van der Waals surface area contributed by atoms with Gasteiger partial charge in [0.15, 0.2) is 0 Å². The summed E-state index contributed by atoms with van der Waals surface area (Å²) in [5.41, 5.74) is 0. The van der Waals surface area contributed by atoms with Crippen LogP contribution in [0.15, 0.2) is 30.3 Å². The second kappa shape index (κ2) is 11.7. The van der Waals surface area contributed by atoms with Gasteiger partial charge in [-0.25, -0.2) is 0 Å². The van der Waals surface area contributed by atoms with Crippen LogP contribution in [0, 0.1) is 0 Å². The van der Waals surface area contributed by atoms with Crippen molar-refractivity contribution in [2.24, 2.45) is 0 Å². The van der Waals surface area contributed by atoms with Crippen LogP contribution in [0.2, 0.25) is 0 Å². The summed E-state index contributed by atoms with van der Waals surface area (Å²) in [5, 5.41) is 22.8. The van der Waals surface area contributed by atoms with Crippen LogP contribution in [0.5, 0.6) is 5.75 Å². The van der Waals surface area contributed by atoms with Crippen molar-refractivity contribution in [1.29, 1.82) is 0 Å². The third-order valence-corrected chi connectivity index (χ3v) is 4.74. The number of amides is 1. The van der Waals surface area contributed by atoms with Crippen molar-refractivity contribution >= 4 is 30.7 Å². The number of carbonyl (C=O) groups is 1. The number of halogens is 2. The Morgan fingerprint density at radius 1 is 1.19 bits per heavy atom. The minimum absolute atomic E-state index is 0. The van der Waals surface area contributed by atoms with Crippen molar-refractivity contribution < 1.29 is 19.7 Å². The number of rotatable bonds is 6. The average Bonchev–Trinajstić information content (AvgIpc) is 3.07. The van der Waals surface area contributed by atoms with Crippen LogP contribution in [0.4, 0.5) is 0 Å². The fraction of sp³-hybridized carbons (Fsp3) is 0.611. The normalized spacial score (nSPS) is 23.9. The number of β-amino-alcohol motifs (C(OH)–C–C–N with tert-alkyl or cyclic N) is 2. The van der Waals surface area contributed by atoms with Crippen molar-refractivity contribution in [1.82, 2.24) is 15.1 Å². The number of carbonyl (C=O) groups excluding carboxylic acids is 1. The standard InChI is InChI=1S/C18H27N3O4.2ClH/c22-14-10-17(19-11-14)18(24)21-8-6-20(7-9-21)12-15(23)13-25-16-4-2-1-3-5-16;;/h1-5,14-15,17,19,22-23H,6-13H2;2*1H. The van der Waals surface area contributed by atoms with E-state index in [-0.39, 0.29) is 43.4 Å². The first-order chi connectivity index (χ1) is 12.1. The highest BCUT2D eigenvalue weighted by Crippen LogP contribution is 2.13. The number of nitrogens with zero attached hydrogens (tertiary/aromatic N) is 2. The summed E-state index contributed by atoms with van der Waals surface area (Å²) in [4.78, 5) is 16.4. The van der Waals surface area contributed by atoms with Gasteiger partial charge < -0.3 is 25.2 Å². The van der Waals surface area contributed by atoms with E-state index in [0.717, 1.165) is 18.8 Å². The Morgan fingerprint density at radius 2 is 1.85 bits per heavy atom. The fourth-order valence-electron chi connectivity index (χ4n) is 3.34. The molecule has 0 bridgehead atoms. The molecule has 0 radical (unpaired) electrons. The van der Waals surface area contributed by atoms with Gasteiger partial charge in [0.05, 0.1) is 12.1 Å². The maximum absolute atomic E-state index is 12.4. The number of ether oxygens (including phenoxy) is 1. The molecule has 0 saturated carbocycles. The molecule has 2 aliphatic rings. The minimum Gasteiger partial charge on any atom is -0.491 e. The van der Waals surface area contributed by atoms with Gasteiger partial charge in [-0.2, -0.15) is 0 Å². The van der Waals surface area contributed by atoms with Crippen LogP contribution in [0.25, 0.3) is 0 Å². The van der Waals surface area contributed by atoms with E-state index in [1.165, 1.54) is 0 Å². The summed E-state index contributed by atoms with van der Waals surface area (Å²) in [6.45, 7) is 4.07. The lowest BCUT2D eigenvalue weighted by Gasteiger charge is -2.36. The lowest BCUT2D eigenvalue weighted by molar-refractivity contribution is -0.135. The van der Waals surface area contributed by atoms with Crippen LogP contribution in [-0.2, 0) is 4.79 Å². The number of aliphatic hydroxyl groups is 2. The summed E-state index contributed by atoms with van der Waals surface area (Å²) in [7, 11) is 0. The Morgan fingerprint density at radius 3 is 2.44 bits per heavy atom. The van der Waals surface area contributed by atoms with Gasteiger partial charge in [-0.15, -0.1) is 24.8 Å². The van der Waals surface area contributed by atoms with Crippen LogP contribution in [-0.4, -0.2) is 90.0 Å². The number of piperazine rings is 1. The highest BCUT2D eigenvalue weighted by Gasteiger charge is 2.32. The van der Waals surface area contributed by atoms with Gasteiger partial charge in [0.1, 0.15) is 18.5 Å². The lowest BCUT2D eigenvalue weighted by atomic mass is 10.1. The molecule has 0 aliphatic carbocycles. The van der Waals surface area contributed by atoms with E-state index in [9.17, 15) is 15.0 Å². The van der Waals surface area contributed by atoms with E-state index in [4.69, 9.17) is 4.74 Å². The predicted octanol–water partition coefficient (Wildman–Crippen LogP) is 0.137. The molecule has 27 heavy (non-hydrogen) atoms. The highest BCUT2D eigenvalue weighted by atomic mass is 35.5. The number of nitrogens with one attached hydrogen (secondary N) is 1. The topological polar surface area (TPSA) is 85.3 Å². The Balaban J connectivity index is 0.00000182. The molecule has 1 aromatic rings. The van der Waals surface area contributed by atoms with E-state index in [0.29, 0.717) is 32.6 Å². The zero-order valence-electron chi connectivity index (χ0n) is 15.2. The fourth-order valence-corrected chi connectivity index (χ4v) is 3.34. The molecule has 3 N–H and O–H groups in total. The molecule has 3 atom stereocenters. The molecule has 3 rings (SSSR count). The number of hydrogen-bond donors (Lipinski definition) is 3. The molecule has 0 aromatic heterocycles. The largest absolute Gasteiger partial charge is 0.491 e. The van der Waals surface area contributed by atoms with Gasteiger partial charge in [-0.05, 0) is 18.6 Å². The van der Waals surface area contributed by atoms with Gasteiger partial charge in [0.25, 0.3) is 0 Å². The van der Waals surface area contributed by atoms with Crippen LogP contribution >= 0.6 is 24.8 Å². The first kappa shape index (κ1) is 23.9. The van der Waals surface area contributed by atoms with Gasteiger partial charge in [-0.1, -0.05) is 18.2 Å². The summed E-state index contributed by atoms with van der Waals surface area (Å²) in [6, 6.07) is 9.19. The lowest BCUT2D eigenvalue weighted by Crippen LogP contribution is -2.54. The SMILES string of the molecule is Cl.Cl.O=C(C1CC(O)CN1)N1CCN(CC(O)COc2ccccc2)CC1. The van der Waals surface area contributed by atoms with Gasteiger partial charge in [0, 0.05) is 39.3 Å². The summed E-state index contributed by atoms with van der Waals surface area (Å²) < 4.78 is 5.57. The molecule has 3 unspecified atom stereocenters. The third-order valence-electron chi connectivity index (χ3n) is 4.74. The van der Waals surface area contributed by atoms with E-state index >= 15 is 0 Å². The predicted molar refractivity (Wildman–Crippen MR) is 108 cm³/mol. The number of para-hydroxylation sites is 1. The minimum atomic E-state index is -0.561. The molecule has 2 fully saturated rings. The summed E-state index contributed by atoms with van der Waals surface area (Å²) >= 11 is 0. The first-order valence-electron chi connectivity index (χ1n) is 8.90. The Hall–Kier alpha value is -1.09. The molecular weight excluding hydrogens is 393 g/mol. The van der Waals surface area contributed by atoms with Crippen LogP contribution in [0.3, 0.4) is 0 Å². The quantitative estimate of drug-likeness (QED) is 0.605. The molecule has 154 valence electrons. The molecule has 7 nitrogen and oxygen atoms in total. The van der Waals surface area contributed by atoms with E-state index < -0.39 is 12.2 Å². The number of hydrogen-bond acceptors (Lipinski definition) is 6. The second-order valence-electron chi connectivity index (χ2n) is 6.75. The molecule has 1 aromatic carbocycles. The van der Waals surface area contributed by atoms with Crippen molar-refractivity contribution in [3.8, 4) is 5.75 Å². The number of benzene rings is 1. The summed E-state index contributed by atoms with van der Waals surface area (Å²) in [6.07, 6.45) is -0.488. The van der Waals surface area contributed by atoms with Crippen molar-refractivity contribution in [2.45, 2.75) is 24.7 Å². The Kier molecular flexibility index (Phi) is 10.4. The zero-order chi connectivity index (χ0) is 17.6. The van der Waals surface area contributed by atoms with Crippen LogP contribution < -0.4 is 10.1 Å². The highest BCUT2D eigenvalue weighted by molar-refractivity contribution is 5.85. The molecule has 1 amide bonds. The Labute approximate surface area is 172 Å². The Bertz CT molecular complexity index is 559. The van der Waals surface area contributed by atoms with Crippen molar-refractivity contribution in [2.75, 3.05) is 45.9 Å². The third kappa shape index (κ3) is 7.10. The maximum Gasteiger partial charge on any atom is 0.239 e. The second-order valence-corrected chi connectivity index (χ2v) is 6.75. The summed E-state index contributed by atoms with van der Waals surface area (Å²) in [5.74, 6) is 0.826. The molecule has 2 saturated heterocycles. The zero-order valence-corrected chi connectivity index (χ0v) is 16.8. The van der Waals surface area contributed by atoms with E-state index in [1.807, 2.05) is 35.2 Å². The van der Waals surface area contributed by atoms with Gasteiger partial charge in [0.2, 0.25) is 5.91 Å². The monoisotopic (exact) mass is 421 g/mol. The maximum atomic E-state index is 12.4. The van der Waals surface area contributed by atoms with Gasteiger partial charge >= 0.3 is 0 Å². The van der Waals surface area contributed by atoms with E-state index in [1.54, 1.807) is 0 Å². The molecule has 2 aliphatic heterocycles.